The number of carbonyl (C=O) groups excluding carboxylic acids is 3. The Balaban J connectivity index is 1.31. The van der Waals surface area contributed by atoms with Crippen LogP contribution in [-0.4, -0.2) is 61.7 Å². The van der Waals surface area contributed by atoms with Crippen molar-refractivity contribution in [3.8, 4) is 0 Å². The van der Waals surface area contributed by atoms with Crippen molar-refractivity contribution < 1.29 is 32.7 Å². The zero-order valence-corrected chi connectivity index (χ0v) is 21.0. The Morgan fingerprint density at radius 1 is 1.16 bits per heavy atom. The number of rotatable bonds is 4. The van der Waals surface area contributed by atoms with Crippen molar-refractivity contribution in [2.75, 3.05) is 13.1 Å². The third kappa shape index (κ3) is 4.55. The summed E-state index contributed by atoms with van der Waals surface area (Å²) >= 11 is 0. The number of aliphatic hydroxyl groups is 1. The van der Waals surface area contributed by atoms with Gasteiger partial charge in [0.05, 0.1) is 23.5 Å². The molecule has 3 aliphatic heterocycles. The molecule has 9 nitrogen and oxygen atoms in total. The Morgan fingerprint density at radius 3 is 2.55 bits per heavy atom. The first-order valence-corrected chi connectivity index (χ1v) is 12.4. The van der Waals surface area contributed by atoms with E-state index in [4.69, 9.17) is 0 Å². The van der Waals surface area contributed by atoms with E-state index >= 15 is 0 Å². The quantitative estimate of drug-likeness (QED) is 0.582. The third-order valence-electron chi connectivity index (χ3n) is 7.85. The summed E-state index contributed by atoms with van der Waals surface area (Å²) in [5, 5.41) is 14.1. The van der Waals surface area contributed by atoms with Crippen LogP contribution in [0.25, 0.3) is 0 Å². The minimum absolute atomic E-state index is 0.109. The molecule has 0 aliphatic carbocycles. The number of carbonyl (C=O) groups is 3. The van der Waals surface area contributed by atoms with Gasteiger partial charge in [0, 0.05) is 37.7 Å². The second-order valence-corrected chi connectivity index (χ2v) is 10.8. The molecule has 2 fully saturated rings. The SMILES string of the molecule is CC1(C)CN(Cc2ccc(C(F)(F)F)nc2)CC[C@]1(O)c1ccc2c(n1)CN([C@@H]1CCC(=O)NC1=O)C2=O. The highest BCUT2D eigenvalue weighted by molar-refractivity contribution is 6.05. The third-order valence-corrected chi connectivity index (χ3v) is 7.85. The van der Waals surface area contributed by atoms with Crippen molar-refractivity contribution in [2.45, 2.75) is 64.0 Å². The lowest BCUT2D eigenvalue weighted by Crippen LogP contribution is -2.55. The molecule has 3 amide bonds. The van der Waals surface area contributed by atoms with E-state index in [1.54, 1.807) is 12.1 Å². The van der Waals surface area contributed by atoms with Crippen LogP contribution >= 0.6 is 0 Å². The summed E-state index contributed by atoms with van der Waals surface area (Å²) in [6, 6.07) is 4.90. The average molecular weight is 532 g/mol. The number of piperidine rings is 2. The first-order chi connectivity index (χ1) is 17.8. The van der Waals surface area contributed by atoms with Gasteiger partial charge in [-0.05, 0) is 36.6 Å². The highest BCUT2D eigenvalue weighted by atomic mass is 19.4. The molecule has 38 heavy (non-hydrogen) atoms. The summed E-state index contributed by atoms with van der Waals surface area (Å²) in [5.74, 6) is -1.20. The lowest BCUT2D eigenvalue weighted by molar-refractivity contribution is -0.141. The lowest BCUT2D eigenvalue weighted by atomic mass is 9.68. The zero-order chi connectivity index (χ0) is 27.5. The molecule has 2 saturated heterocycles. The fraction of sp³-hybridized carbons (Fsp3) is 0.500. The lowest BCUT2D eigenvalue weighted by Gasteiger charge is -2.50. The van der Waals surface area contributed by atoms with Gasteiger partial charge in [0.2, 0.25) is 11.8 Å². The van der Waals surface area contributed by atoms with Gasteiger partial charge in [-0.25, -0.2) is 0 Å². The number of pyridine rings is 2. The fourth-order valence-electron chi connectivity index (χ4n) is 5.65. The van der Waals surface area contributed by atoms with E-state index in [-0.39, 0.29) is 31.2 Å². The molecule has 2 N–H and O–H groups in total. The van der Waals surface area contributed by atoms with Crippen molar-refractivity contribution in [1.29, 1.82) is 0 Å². The van der Waals surface area contributed by atoms with Gasteiger partial charge in [-0.2, -0.15) is 13.2 Å². The van der Waals surface area contributed by atoms with Crippen LogP contribution in [0.15, 0.2) is 30.5 Å². The number of imide groups is 1. The number of hydrogen-bond donors (Lipinski definition) is 2. The number of halogens is 3. The normalized spacial score (nSPS) is 25.9. The summed E-state index contributed by atoms with van der Waals surface area (Å²) in [5.41, 5.74) is -1.03. The van der Waals surface area contributed by atoms with Gasteiger partial charge in [-0.3, -0.25) is 34.6 Å². The predicted molar refractivity (Wildman–Crippen MR) is 127 cm³/mol. The first kappa shape index (κ1) is 26.2. The number of amides is 3. The van der Waals surface area contributed by atoms with E-state index in [9.17, 15) is 32.7 Å². The topological polar surface area (TPSA) is 116 Å². The molecule has 3 aliphatic rings. The van der Waals surface area contributed by atoms with Crippen molar-refractivity contribution in [3.05, 3.63) is 58.7 Å². The maximum atomic E-state index is 13.0. The molecular weight excluding hydrogens is 503 g/mol. The molecule has 2 atom stereocenters. The standard InChI is InChI=1S/C26H28F3N5O4/c1-24(2)14-33(12-15-3-6-20(30-11-15)26(27,28)29)10-9-25(24,38)19-7-4-16-17(31-19)13-34(23(16)37)18-5-8-21(35)32-22(18)36/h3-4,6-7,11,18,38H,5,8-10,12-14H2,1-2H3,(H,32,35,36)/t18-,25+/m1/s1. The van der Waals surface area contributed by atoms with Crippen molar-refractivity contribution in [3.63, 3.8) is 0 Å². The second kappa shape index (κ2) is 9.12. The van der Waals surface area contributed by atoms with E-state index in [0.29, 0.717) is 48.6 Å². The van der Waals surface area contributed by atoms with Crippen molar-refractivity contribution in [1.82, 2.24) is 25.1 Å². The largest absolute Gasteiger partial charge is 0.433 e. The van der Waals surface area contributed by atoms with Gasteiger partial charge in [-0.1, -0.05) is 19.9 Å². The van der Waals surface area contributed by atoms with Crippen molar-refractivity contribution >= 4 is 17.7 Å². The van der Waals surface area contributed by atoms with Gasteiger partial charge in [0.25, 0.3) is 5.91 Å². The van der Waals surface area contributed by atoms with Crippen LogP contribution in [0.4, 0.5) is 13.2 Å². The fourth-order valence-corrected chi connectivity index (χ4v) is 5.65. The maximum Gasteiger partial charge on any atom is 0.433 e. The average Bonchev–Trinajstić information content (AvgIpc) is 3.16. The van der Waals surface area contributed by atoms with Crippen LogP contribution in [0.2, 0.25) is 0 Å². The van der Waals surface area contributed by atoms with E-state index in [1.807, 2.05) is 13.8 Å². The van der Waals surface area contributed by atoms with Gasteiger partial charge < -0.3 is 10.0 Å². The smallest absolute Gasteiger partial charge is 0.383 e. The van der Waals surface area contributed by atoms with Crippen LogP contribution < -0.4 is 5.32 Å². The predicted octanol–water partition coefficient (Wildman–Crippen LogP) is 2.38. The first-order valence-electron chi connectivity index (χ1n) is 12.4. The summed E-state index contributed by atoms with van der Waals surface area (Å²) in [6.07, 6.45) is -2.54. The molecule has 0 unspecified atom stereocenters. The Labute approximate surface area is 217 Å². The van der Waals surface area contributed by atoms with Gasteiger partial charge in [0.15, 0.2) is 0 Å². The summed E-state index contributed by atoms with van der Waals surface area (Å²) in [7, 11) is 0. The van der Waals surface area contributed by atoms with Crippen LogP contribution in [0.3, 0.4) is 0 Å². The summed E-state index contributed by atoms with van der Waals surface area (Å²) in [4.78, 5) is 48.5. The molecule has 0 aromatic carbocycles. The Hall–Kier alpha value is -3.38. The van der Waals surface area contributed by atoms with Gasteiger partial charge >= 0.3 is 6.18 Å². The van der Waals surface area contributed by atoms with E-state index in [1.165, 1.54) is 17.2 Å². The molecule has 0 radical (unpaired) electrons. The zero-order valence-electron chi connectivity index (χ0n) is 21.0. The number of likely N-dealkylation sites (tertiary alicyclic amines) is 1. The molecule has 5 rings (SSSR count). The molecule has 0 spiro atoms. The number of nitrogens with zero attached hydrogens (tertiary/aromatic N) is 4. The van der Waals surface area contributed by atoms with E-state index in [2.05, 4.69) is 20.2 Å². The molecule has 0 saturated carbocycles. The van der Waals surface area contributed by atoms with Crippen LogP contribution in [0.5, 0.6) is 0 Å². The minimum atomic E-state index is -4.49. The molecule has 2 aromatic heterocycles. The molecule has 12 heteroatoms. The van der Waals surface area contributed by atoms with Crippen LogP contribution in [-0.2, 0) is 34.5 Å². The van der Waals surface area contributed by atoms with Crippen molar-refractivity contribution in [2.24, 2.45) is 5.41 Å². The number of aromatic nitrogens is 2. The minimum Gasteiger partial charge on any atom is -0.383 e. The van der Waals surface area contributed by atoms with Gasteiger partial charge in [-0.15, -0.1) is 0 Å². The van der Waals surface area contributed by atoms with E-state index in [0.717, 1.165) is 6.07 Å². The monoisotopic (exact) mass is 531 g/mol. The van der Waals surface area contributed by atoms with Crippen LogP contribution in [0.1, 0.15) is 66.1 Å². The number of hydrogen-bond acceptors (Lipinski definition) is 7. The molecule has 202 valence electrons. The Kier molecular flexibility index (Phi) is 6.30. The maximum absolute atomic E-state index is 13.0. The highest BCUT2D eigenvalue weighted by Crippen LogP contribution is 2.46. The molecule has 5 heterocycles. The van der Waals surface area contributed by atoms with E-state index < -0.39 is 34.8 Å². The summed E-state index contributed by atoms with van der Waals surface area (Å²) < 4.78 is 38.5. The molecule has 2 aromatic rings. The highest BCUT2D eigenvalue weighted by Gasteiger charge is 2.50. The number of fused-ring (bicyclic) bond motifs is 1. The summed E-state index contributed by atoms with van der Waals surface area (Å²) in [6.45, 7) is 5.22. The number of nitrogens with one attached hydrogen (secondary N) is 1. The molecular formula is C26H28F3N5O4. The van der Waals surface area contributed by atoms with Gasteiger partial charge in [0.1, 0.15) is 17.3 Å². The molecule has 0 bridgehead atoms. The Bertz CT molecular complexity index is 1300. The number of alkyl halides is 3. The van der Waals surface area contributed by atoms with Crippen LogP contribution in [0, 0.1) is 5.41 Å². The second-order valence-electron chi connectivity index (χ2n) is 10.8. The Morgan fingerprint density at radius 2 is 1.92 bits per heavy atom.